The van der Waals surface area contributed by atoms with E-state index in [0.29, 0.717) is 19.0 Å². The van der Waals surface area contributed by atoms with Gasteiger partial charge < -0.3 is 9.64 Å². The highest BCUT2D eigenvalue weighted by Gasteiger charge is 2.48. The van der Waals surface area contributed by atoms with Gasteiger partial charge in [0.05, 0.1) is 13.7 Å². The van der Waals surface area contributed by atoms with Crippen molar-refractivity contribution in [3.63, 3.8) is 0 Å². The van der Waals surface area contributed by atoms with Crippen molar-refractivity contribution in [1.29, 1.82) is 0 Å². The summed E-state index contributed by atoms with van der Waals surface area (Å²) in [6, 6.07) is 8.42. The summed E-state index contributed by atoms with van der Waals surface area (Å²) in [5.41, 5.74) is 1.17. The minimum Gasteiger partial charge on any atom is -0.497 e. The lowest BCUT2D eigenvalue weighted by atomic mass is 9.76. The first-order valence-corrected chi connectivity index (χ1v) is 12.4. The Kier molecular flexibility index (Phi) is 12.6. The van der Waals surface area contributed by atoms with E-state index in [9.17, 15) is 8.78 Å². The number of alkyl halides is 2. The van der Waals surface area contributed by atoms with Crippen LogP contribution in [0.15, 0.2) is 24.3 Å². The van der Waals surface area contributed by atoms with E-state index >= 15 is 0 Å². The van der Waals surface area contributed by atoms with E-state index in [1.165, 1.54) is 5.56 Å². The minimum absolute atomic E-state index is 0.0851. The lowest BCUT2D eigenvalue weighted by Crippen LogP contribution is -2.53. The molecule has 0 aromatic heterocycles. The highest BCUT2D eigenvalue weighted by Crippen LogP contribution is 2.41. The van der Waals surface area contributed by atoms with Crippen molar-refractivity contribution in [2.45, 2.75) is 79.2 Å². The minimum atomic E-state index is -2.57. The van der Waals surface area contributed by atoms with Crippen LogP contribution in [-0.4, -0.2) is 61.6 Å². The maximum atomic E-state index is 14.9. The van der Waals surface area contributed by atoms with Crippen molar-refractivity contribution in [2.24, 2.45) is 11.8 Å². The van der Waals surface area contributed by atoms with Crippen LogP contribution < -0.4 is 4.74 Å². The highest BCUT2D eigenvalue weighted by atomic mass is 19.3. The fourth-order valence-corrected chi connectivity index (χ4v) is 4.72. The van der Waals surface area contributed by atoms with Crippen LogP contribution in [0.2, 0.25) is 0 Å². The molecular formula is C26H46F2N2O. The summed E-state index contributed by atoms with van der Waals surface area (Å²) in [5.74, 6) is -2.00. The molecule has 1 atom stereocenters. The van der Waals surface area contributed by atoms with Gasteiger partial charge in [0.1, 0.15) is 5.75 Å². The smallest absolute Gasteiger partial charge is 0.263 e. The third-order valence-electron chi connectivity index (χ3n) is 6.48. The zero-order valence-corrected chi connectivity index (χ0v) is 21.0. The Morgan fingerprint density at radius 2 is 1.55 bits per heavy atom. The van der Waals surface area contributed by atoms with E-state index in [4.69, 9.17) is 4.74 Å². The van der Waals surface area contributed by atoms with Crippen LogP contribution in [0.1, 0.15) is 66.4 Å². The average Bonchev–Trinajstić information content (AvgIpc) is 2.80. The molecule has 0 N–H and O–H groups in total. The maximum Gasteiger partial charge on any atom is 0.263 e. The SMILES string of the molecule is CC.CC.COc1ccc(CCN2CCC(C3CCN(C(C)C)CC3)C(F)(F)C2)cc1. The summed E-state index contributed by atoms with van der Waals surface area (Å²) in [6.07, 6.45) is 3.27. The van der Waals surface area contributed by atoms with E-state index in [2.05, 4.69) is 18.7 Å². The van der Waals surface area contributed by atoms with E-state index in [1.807, 2.05) is 56.9 Å². The topological polar surface area (TPSA) is 15.7 Å². The monoisotopic (exact) mass is 440 g/mol. The van der Waals surface area contributed by atoms with Crippen LogP contribution in [0, 0.1) is 11.8 Å². The second kappa shape index (κ2) is 14.1. The molecule has 2 aliphatic rings. The molecule has 31 heavy (non-hydrogen) atoms. The molecule has 180 valence electrons. The molecule has 3 nitrogen and oxygen atoms in total. The first kappa shape index (κ1) is 27.8. The van der Waals surface area contributed by atoms with Gasteiger partial charge in [-0.3, -0.25) is 4.90 Å². The number of benzene rings is 1. The molecule has 0 spiro atoms. The van der Waals surface area contributed by atoms with Gasteiger partial charge in [0, 0.05) is 18.5 Å². The molecule has 2 saturated heterocycles. The Morgan fingerprint density at radius 3 is 2.03 bits per heavy atom. The van der Waals surface area contributed by atoms with Gasteiger partial charge >= 0.3 is 0 Å². The van der Waals surface area contributed by atoms with E-state index < -0.39 is 11.8 Å². The van der Waals surface area contributed by atoms with Gasteiger partial charge in [-0.05, 0) is 82.8 Å². The quantitative estimate of drug-likeness (QED) is 0.511. The Hall–Kier alpha value is -1.20. The fraction of sp³-hybridized carbons (Fsp3) is 0.769. The van der Waals surface area contributed by atoms with Crippen LogP contribution in [0.4, 0.5) is 8.78 Å². The van der Waals surface area contributed by atoms with Gasteiger partial charge in [-0.15, -0.1) is 0 Å². The summed E-state index contributed by atoms with van der Waals surface area (Å²) in [4.78, 5) is 4.36. The first-order valence-electron chi connectivity index (χ1n) is 12.4. The van der Waals surface area contributed by atoms with E-state index in [0.717, 1.165) is 44.6 Å². The van der Waals surface area contributed by atoms with Gasteiger partial charge in [0.2, 0.25) is 0 Å². The molecule has 3 rings (SSSR count). The van der Waals surface area contributed by atoms with Crippen LogP contribution in [0.25, 0.3) is 0 Å². The van der Waals surface area contributed by atoms with Crippen LogP contribution >= 0.6 is 0 Å². The summed E-state index contributed by atoms with van der Waals surface area (Å²) in [6.45, 7) is 15.7. The number of piperidine rings is 2. The van der Waals surface area contributed by atoms with Crippen LogP contribution in [0.5, 0.6) is 5.75 Å². The van der Waals surface area contributed by atoms with Crippen molar-refractivity contribution in [2.75, 3.05) is 39.8 Å². The zero-order valence-electron chi connectivity index (χ0n) is 21.0. The molecule has 2 heterocycles. The molecule has 0 radical (unpaired) electrons. The van der Waals surface area contributed by atoms with E-state index in [-0.39, 0.29) is 12.5 Å². The Morgan fingerprint density at radius 1 is 0.968 bits per heavy atom. The summed E-state index contributed by atoms with van der Waals surface area (Å²) >= 11 is 0. The van der Waals surface area contributed by atoms with Crippen molar-refractivity contribution in [3.8, 4) is 5.75 Å². The molecular weight excluding hydrogens is 394 g/mol. The fourth-order valence-electron chi connectivity index (χ4n) is 4.72. The molecule has 5 heteroatoms. The maximum absolute atomic E-state index is 14.9. The molecule has 0 amide bonds. The van der Waals surface area contributed by atoms with Crippen molar-refractivity contribution < 1.29 is 13.5 Å². The van der Waals surface area contributed by atoms with Gasteiger partial charge in [-0.2, -0.15) is 0 Å². The Labute approximate surface area is 190 Å². The van der Waals surface area contributed by atoms with Crippen LogP contribution in [0.3, 0.4) is 0 Å². The average molecular weight is 441 g/mol. The molecule has 0 aliphatic carbocycles. The number of nitrogens with zero attached hydrogens (tertiary/aromatic N) is 2. The molecule has 1 aromatic rings. The number of hydrogen-bond acceptors (Lipinski definition) is 3. The second-order valence-electron chi connectivity index (χ2n) is 8.50. The lowest BCUT2D eigenvalue weighted by molar-refractivity contribution is -0.135. The van der Waals surface area contributed by atoms with Gasteiger partial charge in [0.25, 0.3) is 5.92 Å². The number of likely N-dealkylation sites (tertiary alicyclic amines) is 2. The molecule has 0 saturated carbocycles. The number of hydrogen-bond donors (Lipinski definition) is 0. The van der Waals surface area contributed by atoms with Crippen molar-refractivity contribution >= 4 is 0 Å². The molecule has 0 bridgehead atoms. The van der Waals surface area contributed by atoms with Crippen LogP contribution in [-0.2, 0) is 6.42 Å². The third-order valence-corrected chi connectivity index (χ3v) is 6.48. The zero-order chi connectivity index (χ0) is 23.4. The Bertz CT molecular complexity index is 584. The second-order valence-corrected chi connectivity index (χ2v) is 8.50. The standard InChI is InChI=1S/C22H34F2N2O.2C2H6/c1-17(2)26-14-9-19(10-15-26)21-11-13-25(16-22(21,23)24)12-8-18-4-6-20(27-3)7-5-18;2*1-2/h4-7,17,19,21H,8-16H2,1-3H3;2*1-2H3. The largest absolute Gasteiger partial charge is 0.497 e. The summed E-state index contributed by atoms with van der Waals surface area (Å²) in [7, 11) is 1.65. The number of methoxy groups -OCH3 is 1. The predicted molar refractivity (Wildman–Crippen MR) is 128 cm³/mol. The van der Waals surface area contributed by atoms with Crippen molar-refractivity contribution in [1.82, 2.24) is 9.80 Å². The Balaban J connectivity index is 0.00000113. The molecule has 1 unspecified atom stereocenters. The van der Waals surface area contributed by atoms with E-state index in [1.54, 1.807) is 7.11 Å². The highest BCUT2D eigenvalue weighted by molar-refractivity contribution is 5.27. The predicted octanol–water partition coefficient (Wildman–Crippen LogP) is 6.37. The molecule has 2 aliphatic heterocycles. The van der Waals surface area contributed by atoms with Crippen molar-refractivity contribution in [3.05, 3.63) is 29.8 Å². The summed E-state index contributed by atoms with van der Waals surface area (Å²) < 4.78 is 35.0. The lowest BCUT2D eigenvalue weighted by Gasteiger charge is -2.45. The molecule has 2 fully saturated rings. The normalized spacial score (nSPS) is 22.2. The van der Waals surface area contributed by atoms with Gasteiger partial charge in [-0.25, -0.2) is 8.78 Å². The van der Waals surface area contributed by atoms with Gasteiger partial charge in [-0.1, -0.05) is 39.8 Å². The third kappa shape index (κ3) is 8.34. The number of rotatable bonds is 6. The van der Waals surface area contributed by atoms with Gasteiger partial charge in [0.15, 0.2) is 0 Å². The molecule has 1 aromatic carbocycles. The first-order chi connectivity index (χ1) is 14.9. The summed E-state index contributed by atoms with van der Waals surface area (Å²) in [5, 5.41) is 0. The number of halogens is 2. The number of ether oxygens (including phenoxy) is 1.